The SMILES string of the molecule is CC1(C)c2ccccc2-c2ccc(N(c3ccc(-c4cccc5c4sc4ccccc45)cc3)c3ccc4c(ccc5ccccc54)c3)cc21. The predicted molar refractivity (Wildman–Crippen MR) is 212 cm³/mol. The van der Waals surface area contributed by atoms with Crippen LogP contribution >= 0.6 is 11.3 Å². The Morgan fingerprint density at radius 1 is 0.429 bits per heavy atom. The van der Waals surface area contributed by atoms with Crippen LogP contribution < -0.4 is 4.90 Å². The highest BCUT2D eigenvalue weighted by atomic mass is 32.1. The molecule has 0 fully saturated rings. The lowest BCUT2D eigenvalue weighted by atomic mass is 9.82. The molecule has 0 spiro atoms. The highest BCUT2D eigenvalue weighted by molar-refractivity contribution is 7.26. The molecule has 0 radical (unpaired) electrons. The van der Waals surface area contributed by atoms with E-state index in [1.54, 1.807) is 0 Å². The molecule has 1 aliphatic rings. The average molecular weight is 644 g/mol. The molecule has 8 aromatic carbocycles. The molecule has 232 valence electrons. The van der Waals surface area contributed by atoms with Gasteiger partial charge in [-0.25, -0.2) is 0 Å². The minimum Gasteiger partial charge on any atom is -0.310 e. The highest BCUT2D eigenvalue weighted by Crippen LogP contribution is 2.51. The molecule has 1 aromatic heterocycles. The van der Waals surface area contributed by atoms with Crippen LogP contribution in [0.15, 0.2) is 164 Å². The summed E-state index contributed by atoms with van der Waals surface area (Å²) < 4.78 is 2.67. The van der Waals surface area contributed by atoms with Gasteiger partial charge in [0, 0.05) is 42.6 Å². The van der Waals surface area contributed by atoms with Crippen LogP contribution in [0.25, 0.3) is 64.0 Å². The van der Waals surface area contributed by atoms with Gasteiger partial charge in [0.1, 0.15) is 0 Å². The van der Waals surface area contributed by atoms with E-state index in [1.165, 1.54) is 80.8 Å². The summed E-state index contributed by atoms with van der Waals surface area (Å²) in [5.74, 6) is 0. The zero-order valence-electron chi connectivity index (χ0n) is 27.4. The summed E-state index contributed by atoms with van der Waals surface area (Å²) in [5.41, 5.74) is 11.3. The van der Waals surface area contributed by atoms with Gasteiger partial charge in [0.05, 0.1) is 0 Å². The number of fused-ring (bicyclic) bond motifs is 9. The predicted octanol–water partition coefficient (Wildman–Crippen LogP) is 13.8. The Balaban J connectivity index is 1.14. The summed E-state index contributed by atoms with van der Waals surface area (Å²) >= 11 is 1.88. The monoisotopic (exact) mass is 643 g/mol. The molecule has 1 heterocycles. The first-order valence-electron chi connectivity index (χ1n) is 17.0. The smallest absolute Gasteiger partial charge is 0.0468 e. The number of hydrogen-bond acceptors (Lipinski definition) is 2. The fraction of sp³-hybridized carbons (Fsp3) is 0.0638. The van der Waals surface area contributed by atoms with Gasteiger partial charge in [0.25, 0.3) is 0 Å². The zero-order chi connectivity index (χ0) is 32.7. The lowest BCUT2D eigenvalue weighted by molar-refractivity contribution is 0.660. The van der Waals surface area contributed by atoms with Crippen molar-refractivity contribution >= 4 is 70.1 Å². The van der Waals surface area contributed by atoms with E-state index in [9.17, 15) is 0 Å². The van der Waals surface area contributed by atoms with Gasteiger partial charge < -0.3 is 4.90 Å². The molecule has 0 saturated carbocycles. The maximum Gasteiger partial charge on any atom is 0.0468 e. The first-order valence-corrected chi connectivity index (χ1v) is 17.8. The summed E-state index contributed by atoms with van der Waals surface area (Å²) in [7, 11) is 0. The first-order chi connectivity index (χ1) is 24.0. The van der Waals surface area contributed by atoms with Crippen LogP contribution in [0.3, 0.4) is 0 Å². The normalized spacial score (nSPS) is 13.3. The summed E-state index contributed by atoms with van der Waals surface area (Å²) in [6, 6.07) is 60.6. The van der Waals surface area contributed by atoms with Gasteiger partial charge in [-0.3, -0.25) is 0 Å². The molecular weight excluding hydrogens is 611 g/mol. The molecule has 0 bridgehead atoms. The van der Waals surface area contributed by atoms with Crippen molar-refractivity contribution < 1.29 is 0 Å². The lowest BCUT2D eigenvalue weighted by Crippen LogP contribution is -2.16. The Morgan fingerprint density at radius 2 is 1.06 bits per heavy atom. The molecule has 0 amide bonds. The van der Waals surface area contributed by atoms with E-state index >= 15 is 0 Å². The van der Waals surface area contributed by atoms with Crippen LogP contribution in [-0.4, -0.2) is 0 Å². The largest absolute Gasteiger partial charge is 0.310 e. The van der Waals surface area contributed by atoms with Crippen LogP contribution in [-0.2, 0) is 5.41 Å². The number of thiophene rings is 1. The van der Waals surface area contributed by atoms with Crippen LogP contribution in [0.5, 0.6) is 0 Å². The number of anilines is 3. The van der Waals surface area contributed by atoms with Gasteiger partial charge in [-0.1, -0.05) is 135 Å². The molecule has 0 saturated heterocycles. The van der Waals surface area contributed by atoms with Crippen LogP contribution in [0.1, 0.15) is 25.0 Å². The number of benzene rings is 8. The van der Waals surface area contributed by atoms with Crippen molar-refractivity contribution in [3.8, 4) is 22.3 Å². The third kappa shape index (κ3) is 4.31. The number of nitrogens with zero attached hydrogens (tertiary/aromatic N) is 1. The van der Waals surface area contributed by atoms with Crippen molar-refractivity contribution in [3.63, 3.8) is 0 Å². The van der Waals surface area contributed by atoms with Crippen LogP contribution in [0, 0.1) is 0 Å². The van der Waals surface area contributed by atoms with Crippen molar-refractivity contribution in [1.82, 2.24) is 0 Å². The van der Waals surface area contributed by atoms with Crippen molar-refractivity contribution in [3.05, 3.63) is 175 Å². The molecule has 1 nitrogen and oxygen atoms in total. The summed E-state index contributed by atoms with van der Waals surface area (Å²) in [6.07, 6.45) is 0. The minimum atomic E-state index is -0.0807. The molecule has 10 rings (SSSR count). The third-order valence-corrected chi connectivity index (χ3v) is 11.9. The molecule has 0 N–H and O–H groups in total. The number of rotatable bonds is 4. The van der Waals surface area contributed by atoms with Gasteiger partial charge in [-0.2, -0.15) is 0 Å². The molecule has 2 heteroatoms. The fourth-order valence-corrected chi connectivity index (χ4v) is 9.42. The van der Waals surface area contributed by atoms with Crippen molar-refractivity contribution in [2.24, 2.45) is 0 Å². The van der Waals surface area contributed by atoms with E-state index in [-0.39, 0.29) is 5.41 Å². The molecule has 0 atom stereocenters. The Morgan fingerprint density at radius 3 is 1.96 bits per heavy atom. The Kier molecular flexibility index (Phi) is 6.16. The standard InChI is InChI=1S/C47H33NS/c1-47(2)43-16-7-5-12-39(43)40-27-25-35(29-44(40)47)48(34-24-26-37-32(28-34)19-18-30-10-3-4-11-36(30)37)33-22-20-31(21-23-33)38-14-9-15-42-41-13-6-8-17-45(41)49-46(38)42/h3-29H,1-2H3. The van der Waals surface area contributed by atoms with E-state index in [4.69, 9.17) is 0 Å². The molecule has 49 heavy (non-hydrogen) atoms. The second kappa shape index (κ2) is 10.7. The van der Waals surface area contributed by atoms with Gasteiger partial charge in [-0.05, 0) is 97.4 Å². The first kappa shape index (κ1) is 28.3. The quantitative estimate of drug-likeness (QED) is 0.173. The summed E-state index contributed by atoms with van der Waals surface area (Å²) in [4.78, 5) is 2.43. The second-order valence-electron chi connectivity index (χ2n) is 13.8. The van der Waals surface area contributed by atoms with Gasteiger partial charge in [-0.15, -0.1) is 11.3 Å². The Labute approximate surface area is 290 Å². The minimum absolute atomic E-state index is 0.0807. The van der Waals surface area contributed by atoms with E-state index < -0.39 is 0 Å². The van der Waals surface area contributed by atoms with Crippen molar-refractivity contribution in [2.75, 3.05) is 4.90 Å². The maximum atomic E-state index is 2.43. The zero-order valence-corrected chi connectivity index (χ0v) is 28.3. The van der Waals surface area contributed by atoms with E-state index in [1.807, 2.05) is 11.3 Å². The molecule has 0 aliphatic heterocycles. The summed E-state index contributed by atoms with van der Waals surface area (Å²) in [6.45, 7) is 4.71. The van der Waals surface area contributed by atoms with Crippen molar-refractivity contribution in [1.29, 1.82) is 0 Å². The van der Waals surface area contributed by atoms with E-state index in [2.05, 4.69) is 183 Å². The molecule has 1 aliphatic carbocycles. The highest BCUT2D eigenvalue weighted by Gasteiger charge is 2.35. The topological polar surface area (TPSA) is 3.24 Å². The molecule has 0 unspecified atom stereocenters. The molecular formula is C47H33NS. The Bertz CT molecular complexity index is 2750. The average Bonchev–Trinajstić information content (AvgIpc) is 3.64. The van der Waals surface area contributed by atoms with Crippen LogP contribution in [0.2, 0.25) is 0 Å². The van der Waals surface area contributed by atoms with E-state index in [0.717, 1.165) is 11.4 Å². The molecule has 9 aromatic rings. The second-order valence-corrected chi connectivity index (χ2v) is 14.8. The Hall–Kier alpha value is -5.70. The lowest BCUT2D eigenvalue weighted by Gasteiger charge is -2.28. The maximum absolute atomic E-state index is 2.43. The summed E-state index contributed by atoms with van der Waals surface area (Å²) in [5, 5.41) is 7.73. The van der Waals surface area contributed by atoms with Gasteiger partial charge >= 0.3 is 0 Å². The fourth-order valence-electron chi connectivity index (χ4n) is 8.18. The van der Waals surface area contributed by atoms with Crippen molar-refractivity contribution in [2.45, 2.75) is 19.3 Å². The van der Waals surface area contributed by atoms with Crippen LogP contribution in [0.4, 0.5) is 17.1 Å². The third-order valence-electron chi connectivity index (χ3n) is 10.7. The number of hydrogen-bond donors (Lipinski definition) is 0. The van der Waals surface area contributed by atoms with Gasteiger partial charge in [0.2, 0.25) is 0 Å². The van der Waals surface area contributed by atoms with E-state index in [0.29, 0.717) is 0 Å². The van der Waals surface area contributed by atoms with Gasteiger partial charge in [0.15, 0.2) is 0 Å².